The van der Waals surface area contributed by atoms with Gasteiger partial charge in [-0.3, -0.25) is 0 Å². The number of ether oxygens (including phenoxy) is 2. The first kappa shape index (κ1) is 15.3. The maximum atomic E-state index is 6.44. The van der Waals surface area contributed by atoms with Crippen molar-refractivity contribution in [1.82, 2.24) is 0 Å². The third kappa shape index (κ3) is 2.50. The normalized spacial score (nSPS) is 19.6. The molecule has 24 heavy (non-hydrogen) atoms. The standard InChI is InChI=1S/C20H18ClNO2/c1-23-13-8-6-12-7-9-19-16(15(12)10-13)11-18(22)20(24-19)14-4-2-3-5-17(14)21/h2-10,18,20H,11,22H2,1H3. The highest BCUT2D eigenvalue weighted by Crippen LogP contribution is 2.40. The Hall–Kier alpha value is -2.23. The van der Waals surface area contributed by atoms with Crippen molar-refractivity contribution in [2.75, 3.05) is 7.11 Å². The smallest absolute Gasteiger partial charge is 0.140 e. The van der Waals surface area contributed by atoms with Gasteiger partial charge in [0.1, 0.15) is 17.6 Å². The van der Waals surface area contributed by atoms with Crippen LogP contribution in [0.25, 0.3) is 10.8 Å². The number of halogens is 1. The quantitative estimate of drug-likeness (QED) is 0.747. The van der Waals surface area contributed by atoms with Gasteiger partial charge in [0.2, 0.25) is 0 Å². The fraction of sp³-hybridized carbons (Fsp3) is 0.200. The van der Waals surface area contributed by atoms with Crippen LogP contribution in [0.4, 0.5) is 0 Å². The van der Waals surface area contributed by atoms with E-state index in [1.807, 2.05) is 42.5 Å². The summed E-state index contributed by atoms with van der Waals surface area (Å²) in [4.78, 5) is 0. The van der Waals surface area contributed by atoms with E-state index in [9.17, 15) is 0 Å². The number of hydrogen-bond donors (Lipinski definition) is 1. The average molecular weight is 340 g/mol. The van der Waals surface area contributed by atoms with E-state index in [0.717, 1.165) is 39.8 Å². The third-order valence-corrected chi connectivity index (χ3v) is 4.94. The van der Waals surface area contributed by atoms with Gasteiger partial charge in [0.25, 0.3) is 0 Å². The largest absolute Gasteiger partial charge is 0.497 e. The van der Waals surface area contributed by atoms with E-state index in [-0.39, 0.29) is 12.1 Å². The lowest BCUT2D eigenvalue weighted by Gasteiger charge is -2.33. The molecule has 0 amide bonds. The highest BCUT2D eigenvalue weighted by atomic mass is 35.5. The Morgan fingerprint density at radius 3 is 2.71 bits per heavy atom. The average Bonchev–Trinajstić information content (AvgIpc) is 2.61. The molecule has 1 aliphatic heterocycles. The number of benzene rings is 3. The highest BCUT2D eigenvalue weighted by molar-refractivity contribution is 6.31. The second-order valence-corrected chi connectivity index (χ2v) is 6.46. The molecule has 0 saturated heterocycles. The molecule has 0 bridgehead atoms. The molecule has 1 heterocycles. The molecule has 0 fully saturated rings. The van der Waals surface area contributed by atoms with Crippen LogP contribution in [0.3, 0.4) is 0 Å². The van der Waals surface area contributed by atoms with Crippen molar-refractivity contribution in [2.45, 2.75) is 18.6 Å². The summed E-state index contributed by atoms with van der Waals surface area (Å²) >= 11 is 6.33. The Bertz CT molecular complexity index is 909. The number of hydrogen-bond acceptors (Lipinski definition) is 3. The van der Waals surface area contributed by atoms with Crippen molar-refractivity contribution in [3.63, 3.8) is 0 Å². The zero-order valence-electron chi connectivity index (χ0n) is 13.3. The molecule has 0 spiro atoms. The monoisotopic (exact) mass is 339 g/mol. The topological polar surface area (TPSA) is 44.5 Å². The fourth-order valence-electron chi connectivity index (χ4n) is 3.36. The molecule has 0 aromatic heterocycles. The molecule has 2 atom stereocenters. The molecule has 3 nitrogen and oxygen atoms in total. The first-order valence-corrected chi connectivity index (χ1v) is 8.31. The lowest BCUT2D eigenvalue weighted by Crippen LogP contribution is -2.37. The summed E-state index contributed by atoms with van der Waals surface area (Å²) in [5.74, 6) is 1.69. The Balaban J connectivity index is 1.80. The van der Waals surface area contributed by atoms with Gasteiger partial charge in [0.15, 0.2) is 0 Å². The van der Waals surface area contributed by atoms with Crippen molar-refractivity contribution in [1.29, 1.82) is 0 Å². The second-order valence-electron chi connectivity index (χ2n) is 6.06. The molecule has 3 aromatic rings. The van der Waals surface area contributed by atoms with Gasteiger partial charge in [-0.25, -0.2) is 0 Å². The second kappa shape index (κ2) is 6.00. The van der Waals surface area contributed by atoms with Crippen LogP contribution in [0.2, 0.25) is 5.02 Å². The predicted molar refractivity (Wildman–Crippen MR) is 97.0 cm³/mol. The minimum Gasteiger partial charge on any atom is -0.497 e. The van der Waals surface area contributed by atoms with E-state index in [1.54, 1.807) is 7.11 Å². The molecule has 122 valence electrons. The zero-order valence-corrected chi connectivity index (χ0v) is 14.1. The van der Waals surface area contributed by atoms with Crippen LogP contribution in [-0.2, 0) is 6.42 Å². The SMILES string of the molecule is COc1ccc2ccc3c(c2c1)CC(N)C(c1ccccc1Cl)O3. The van der Waals surface area contributed by atoms with Crippen molar-refractivity contribution in [2.24, 2.45) is 5.73 Å². The zero-order chi connectivity index (χ0) is 16.7. The molecule has 2 N–H and O–H groups in total. The maximum absolute atomic E-state index is 6.44. The molecule has 4 heteroatoms. The van der Waals surface area contributed by atoms with Crippen LogP contribution in [0.1, 0.15) is 17.2 Å². The van der Waals surface area contributed by atoms with Gasteiger partial charge >= 0.3 is 0 Å². The number of fused-ring (bicyclic) bond motifs is 3. The number of methoxy groups -OCH3 is 1. The molecule has 0 saturated carbocycles. The molecule has 0 radical (unpaired) electrons. The van der Waals surface area contributed by atoms with E-state index < -0.39 is 0 Å². The predicted octanol–water partition coefficient (Wildman–Crippen LogP) is 4.51. The lowest BCUT2D eigenvalue weighted by atomic mass is 9.90. The van der Waals surface area contributed by atoms with Crippen LogP contribution < -0.4 is 15.2 Å². The van der Waals surface area contributed by atoms with Gasteiger partial charge in [-0.15, -0.1) is 0 Å². The van der Waals surface area contributed by atoms with E-state index in [4.69, 9.17) is 26.8 Å². The van der Waals surface area contributed by atoms with Crippen molar-refractivity contribution < 1.29 is 9.47 Å². The minimum absolute atomic E-state index is 0.158. The highest BCUT2D eigenvalue weighted by Gasteiger charge is 2.31. The van der Waals surface area contributed by atoms with Crippen molar-refractivity contribution >= 4 is 22.4 Å². The summed E-state index contributed by atoms with van der Waals surface area (Å²) in [6, 6.07) is 17.7. The fourth-order valence-corrected chi connectivity index (χ4v) is 3.60. The molecule has 4 rings (SSSR count). The van der Waals surface area contributed by atoms with Crippen molar-refractivity contribution in [3.05, 3.63) is 70.7 Å². The summed E-state index contributed by atoms with van der Waals surface area (Å²) in [5, 5.41) is 2.96. The summed E-state index contributed by atoms with van der Waals surface area (Å²) < 4.78 is 11.6. The Morgan fingerprint density at radius 1 is 1.12 bits per heavy atom. The first-order chi connectivity index (χ1) is 11.7. The number of rotatable bonds is 2. The van der Waals surface area contributed by atoms with Crippen LogP contribution in [0, 0.1) is 0 Å². The molecule has 1 aliphatic rings. The Morgan fingerprint density at radius 2 is 1.92 bits per heavy atom. The van der Waals surface area contributed by atoms with Crippen LogP contribution in [-0.4, -0.2) is 13.2 Å². The summed E-state index contributed by atoms with van der Waals surface area (Å²) in [6.45, 7) is 0. The Labute approximate surface area is 145 Å². The summed E-state index contributed by atoms with van der Waals surface area (Å²) in [7, 11) is 1.67. The van der Waals surface area contributed by atoms with Gasteiger partial charge in [0.05, 0.1) is 13.2 Å². The molecular formula is C20H18ClNO2. The van der Waals surface area contributed by atoms with Crippen LogP contribution in [0.5, 0.6) is 11.5 Å². The molecular weight excluding hydrogens is 322 g/mol. The minimum atomic E-state index is -0.241. The van der Waals surface area contributed by atoms with E-state index in [2.05, 4.69) is 12.1 Å². The van der Waals surface area contributed by atoms with E-state index in [0.29, 0.717) is 5.02 Å². The van der Waals surface area contributed by atoms with Gasteiger partial charge in [-0.1, -0.05) is 41.9 Å². The van der Waals surface area contributed by atoms with Gasteiger partial charge in [-0.2, -0.15) is 0 Å². The molecule has 3 aromatic carbocycles. The maximum Gasteiger partial charge on any atom is 0.140 e. The Kier molecular flexibility index (Phi) is 3.83. The van der Waals surface area contributed by atoms with Crippen LogP contribution in [0.15, 0.2) is 54.6 Å². The summed E-state index contributed by atoms with van der Waals surface area (Å²) in [6.07, 6.45) is 0.490. The van der Waals surface area contributed by atoms with E-state index in [1.165, 1.54) is 0 Å². The van der Waals surface area contributed by atoms with Gasteiger partial charge in [0, 0.05) is 16.1 Å². The summed E-state index contributed by atoms with van der Waals surface area (Å²) in [5.41, 5.74) is 8.50. The number of nitrogens with two attached hydrogens (primary N) is 1. The molecule has 2 unspecified atom stereocenters. The van der Waals surface area contributed by atoms with Gasteiger partial charge in [-0.05, 0) is 41.5 Å². The lowest BCUT2D eigenvalue weighted by molar-refractivity contribution is 0.154. The van der Waals surface area contributed by atoms with Gasteiger partial charge < -0.3 is 15.2 Å². The van der Waals surface area contributed by atoms with Crippen LogP contribution >= 0.6 is 11.6 Å². The first-order valence-electron chi connectivity index (χ1n) is 7.93. The van der Waals surface area contributed by atoms with E-state index >= 15 is 0 Å². The molecule has 0 aliphatic carbocycles. The third-order valence-electron chi connectivity index (χ3n) is 4.59. The van der Waals surface area contributed by atoms with Crippen molar-refractivity contribution in [3.8, 4) is 11.5 Å².